The fraction of sp³-hybridized carbons (Fsp3) is 0.636. The van der Waals surface area contributed by atoms with Crippen LogP contribution in [-0.2, 0) is 9.53 Å². The van der Waals surface area contributed by atoms with Gasteiger partial charge in [0.1, 0.15) is 10.9 Å². The van der Waals surface area contributed by atoms with Crippen LogP contribution in [0.5, 0.6) is 0 Å². The van der Waals surface area contributed by atoms with Gasteiger partial charge in [-0.3, -0.25) is 4.79 Å². The maximum absolute atomic E-state index is 12.0. The van der Waals surface area contributed by atoms with E-state index in [1.165, 1.54) is 0 Å². The Morgan fingerprint density at radius 1 is 1.39 bits per heavy atom. The molecule has 1 atom stereocenters. The van der Waals surface area contributed by atoms with Crippen LogP contribution in [0.1, 0.15) is 49.0 Å². The number of nitrogens with zero attached hydrogens (tertiary/aromatic N) is 2. The molecule has 0 saturated heterocycles. The summed E-state index contributed by atoms with van der Waals surface area (Å²) in [6, 6.07) is -0.681. The summed E-state index contributed by atoms with van der Waals surface area (Å²) in [6.45, 7) is 7.46. The van der Waals surface area contributed by atoms with Crippen molar-refractivity contribution >= 4 is 23.4 Å². The van der Waals surface area contributed by atoms with Crippen LogP contribution in [-0.4, -0.2) is 34.1 Å². The van der Waals surface area contributed by atoms with E-state index in [1.807, 2.05) is 13.8 Å². The first-order valence-corrected chi connectivity index (χ1v) is 6.54. The number of hydrogen-bond donors (Lipinski definition) is 1. The Morgan fingerprint density at radius 3 is 2.61 bits per heavy atom. The number of hydrogen-bond acceptors (Lipinski definition) is 6. The molecule has 1 rings (SSSR count). The van der Waals surface area contributed by atoms with Crippen molar-refractivity contribution in [1.29, 1.82) is 0 Å². The first-order valence-electron chi connectivity index (χ1n) is 5.77. The van der Waals surface area contributed by atoms with Crippen molar-refractivity contribution < 1.29 is 14.3 Å². The minimum Gasteiger partial charge on any atom is -0.464 e. The average molecular weight is 271 g/mol. The van der Waals surface area contributed by atoms with Crippen molar-refractivity contribution in [2.24, 2.45) is 0 Å². The van der Waals surface area contributed by atoms with E-state index in [1.54, 1.807) is 13.8 Å². The molecular formula is C11H17N3O3S. The first-order chi connectivity index (χ1) is 8.47. The third-order valence-electron chi connectivity index (χ3n) is 2.25. The standard InChI is InChI=1S/C11H17N3O3S/c1-5-17-11(16)7(4)12-10(15)9-8(6(2)3)13-14-18-9/h6-7H,5H2,1-4H3,(H,12,15). The van der Waals surface area contributed by atoms with E-state index in [4.69, 9.17) is 4.74 Å². The summed E-state index contributed by atoms with van der Waals surface area (Å²) in [7, 11) is 0. The van der Waals surface area contributed by atoms with Crippen molar-refractivity contribution in [1.82, 2.24) is 14.9 Å². The Kier molecular flexibility index (Phi) is 5.21. The fourth-order valence-corrected chi connectivity index (χ4v) is 2.04. The average Bonchev–Trinajstić information content (AvgIpc) is 2.78. The van der Waals surface area contributed by atoms with E-state index in [9.17, 15) is 9.59 Å². The zero-order valence-corrected chi connectivity index (χ0v) is 11.7. The lowest BCUT2D eigenvalue weighted by molar-refractivity contribution is -0.144. The second kappa shape index (κ2) is 6.44. The topological polar surface area (TPSA) is 81.2 Å². The molecule has 0 aliphatic rings. The second-order valence-corrected chi connectivity index (χ2v) is 4.84. The van der Waals surface area contributed by atoms with E-state index >= 15 is 0 Å². The van der Waals surface area contributed by atoms with Crippen molar-refractivity contribution in [2.45, 2.75) is 39.7 Å². The maximum atomic E-state index is 12.0. The third kappa shape index (κ3) is 3.49. The van der Waals surface area contributed by atoms with Gasteiger partial charge in [0.25, 0.3) is 5.91 Å². The number of carbonyl (C=O) groups is 2. The molecule has 1 heterocycles. The van der Waals surface area contributed by atoms with Gasteiger partial charge in [-0.15, -0.1) is 5.10 Å². The largest absolute Gasteiger partial charge is 0.464 e. The van der Waals surface area contributed by atoms with Gasteiger partial charge in [-0.05, 0) is 31.3 Å². The van der Waals surface area contributed by atoms with Crippen molar-refractivity contribution in [3.05, 3.63) is 10.6 Å². The molecule has 0 saturated carbocycles. The summed E-state index contributed by atoms with van der Waals surface area (Å²) in [4.78, 5) is 23.8. The van der Waals surface area contributed by atoms with Gasteiger partial charge in [-0.25, -0.2) is 4.79 Å². The Balaban J connectivity index is 2.71. The van der Waals surface area contributed by atoms with E-state index in [2.05, 4.69) is 14.9 Å². The Labute approximate surface area is 110 Å². The molecule has 100 valence electrons. The van der Waals surface area contributed by atoms with Crippen LogP contribution in [0.3, 0.4) is 0 Å². The zero-order chi connectivity index (χ0) is 13.7. The normalized spacial score (nSPS) is 12.3. The number of nitrogens with one attached hydrogen (secondary N) is 1. The SMILES string of the molecule is CCOC(=O)C(C)NC(=O)c1snnc1C(C)C. The molecule has 0 radical (unpaired) electrons. The second-order valence-electron chi connectivity index (χ2n) is 4.09. The quantitative estimate of drug-likeness (QED) is 0.817. The van der Waals surface area contributed by atoms with E-state index in [0.717, 1.165) is 11.5 Å². The summed E-state index contributed by atoms with van der Waals surface area (Å²) >= 11 is 1.03. The monoisotopic (exact) mass is 271 g/mol. The van der Waals surface area contributed by atoms with Crippen LogP contribution >= 0.6 is 11.5 Å². The van der Waals surface area contributed by atoms with E-state index in [0.29, 0.717) is 17.2 Å². The highest BCUT2D eigenvalue weighted by molar-refractivity contribution is 7.08. The lowest BCUT2D eigenvalue weighted by Gasteiger charge is -2.12. The minimum atomic E-state index is -0.681. The molecule has 0 fully saturated rings. The van der Waals surface area contributed by atoms with Gasteiger partial charge >= 0.3 is 5.97 Å². The number of aromatic nitrogens is 2. The first kappa shape index (κ1) is 14.6. The molecule has 0 bridgehead atoms. The highest BCUT2D eigenvalue weighted by Gasteiger charge is 2.22. The van der Waals surface area contributed by atoms with Crippen LogP contribution in [0.2, 0.25) is 0 Å². The number of ether oxygens (including phenoxy) is 1. The van der Waals surface area contributed by atoms with Gasteiger partial charge in [0.2, 0.25) is 0 Å². The molecule has 6 nitrogen and oxygen atoms in total. The van der Waals surface area contributed by atoms with Gasteiger partial charge < -0.3 is 10.1 Å². The highest BCUT2D eigenvalue weighted by Crippen LogP contribution is 2.19. The molecule has 1 unspecified atom stereocenters. The Bertz CT molecular complexity index is 431. The van der Waals surface area contributed by atoms with E-state index in [-0.39, 0.29) is 11.8 Å². The Hall–Kier alpha value is -1.50. The van der Waals surface area contributed by atoms with Crippen LogP contribution in [0.4, 0.5) is 0 Å². The molecule has 1 aromatic rings. The van der Waals surface area contributed by atoms with Crippen molar-refractivity contribution in [3.63, 3.8) is 0 Å². The van der Waals surface area contributed by atoms with Gasteiger partial charge in [-0.2, -0.15) is 0 Å². The molecule has 1 N–H and O–H groups in total. The number of carbonyl (C=O) groups excluding carboxylic acids is 2. The lowest BCUT2D eigenvalue weighted by atomic mass is 10.1. The van der Waals surface area contributed by atoms with Gasteiger partial charge in [-0.1, -0.05) is 18.3 Å². The van der Waals surface area contributed by atoms with Crippen LogP contribution in [0.25, 0.3) is 0 Å². The summed E-state index contributed by atoms with van der Waals surface area (Å²) in [5.74, 6) is -0.675. The number of rotatable bonds is 5. The molecular weight excluding hydrogens is 254 g/mol. The summed E-state index contributed by atoms with van der Waals surface area (Å²) in [5, 5.41) is 6.50. The lowest BCUT2D eigenvalue weighted by Crippen LogP contribution is -2.39. The van der Waals surface area contributed by atoms with Crippen molar-refractivity contribution in [2.75, 3.05) is 6.61 Å². The van der Waals surface area contributed by atoms with E-state index < -0.39 is 12.0 Å². The molecule has 0 spiro atoms. The smallest absolute Gasteiger partial charge is 0.328 e. The predicted molar refractivity (Wildman–Crippen MR) is 67.6 cm³/mol. The van der Waals surface area contributed by atoms with Crippen LogP contribution < -0.4 is 5.32 Å². The summed E-state index contributed by atoms with van der Waals surface area (Å²) in [6.07, 6.45) is 0. The molecule has 0 aliphatic carbocycles. The van der Waals surface area contributed by atoms with Crippen molar-refractivity contribution in [3.8, 4) is 0 Å². The molecule has 1 aromatic heterocycles. The number of esters is 1. The highest BCUT2D eigenvalue weighted by atomic mass is 32.1. The van der Waals surface area contributed by atoms with Crippen LogP contribution in [0, 0.1) is 0 Å². The third-order valence-corrected chi connectivity index (χ3v) is 2.99. The Morgan fingerprint density at radius 2 is 2.06 bits per heavy atom. The predicted octanol–water partition coefficient (Wildman–Crippen LogP) is 1.34. The zero-order valence-electron chi connectivity index (χ0n) is 10.9. The number of amides is 1. The maximum Gasteiger partial charge on any atom is 0.328 e. The van der Waals surface area contributed by atoms with Gasteiger partial charge in [0.15, 0.2) is 0 Å². The van der Waals surface area contributed by atoms with Gasteiger partial charge in [0, 0.05) is 0 Å². The van der Waals surface area contributed by atoms with Gasteiger partial charge in [0.05, 0.1) is 12.3 Å². The molecule has 0 aromatic carbocycles. The summed E-state index contributed by atoms with van der Waals surface area (Å²) < 4.78 is 8.59. The summed E-state index contributed by atoms with van der Waals surface area (Å²) in [5.41, 5.74) is 0.647. The minimum absolute atomic E-state index is 0.113. The molecule has 7 heteroatoms. The molecule has 0 aliphatic heterocycles. The fourth-order valence-electron chi connectivity index (χ4n) is 1.32. The molecule has 18 heavy (non-hydrogen) atoms. The van der Waals surface area contributed by atoms with Crippen LogP contribution in [0.15, 0.2) is 0 Å². The molecule has 1 amide bonds.